The van der Waals surface area contributed by atoms with Crippen LogP contribution < -0.4 is 9.74 Å². The molecule has 0 atom stereocenters. The van der Waals surface area contributed by atoms with Gasteiger partial charge in [0.15, 0.2) is 11.2 Å². The Morgan fingerprint density at radius 3 is 2.58 bits per heavy atom. The van der Waals surface area contributed by atoms with Gasteiger partial charge in [0, 0.05) is 24.1 Å². The zero-order chi connectivity index (χ0) is 17.7. The molecule has 8 nitrogen and oxygen atoms in total. The molecule has 2 aromatic rings. The molecule has 3 N–H and O–H groups in total. The van der Waals surface area contributed by atoms with E-state index in [0.29, 0.717) is 23.0 Å². The third-order valence-corrected chi connectivity index (χ3v) is 3.94. The number of hydrogen-bond donors (Lipinski definition) is 3. The Morgan fingerprint density at radius 1 is 1.29 bits per heavy atom. The first-order valence-electron chi connectivity index (χ1n) is 7.94. The molecule has 0 saturated carbocycles. The number of hydrogen-bond acceptors (Lipinski definition) is 5. The number of nitrogens with zero attached hydrogens (tertiary/aromatic N) is 3. The third-order valence-electron chi connectivity index (χ3n) is 3.94. The highest BCUT2D eigenvalue weighted by molar-refractivity contribution is 5.93. The highest BCUT2D eigenvalue weighted by Crippen LogP contribution is 2.15. The van der Waals surface area contributed by atoms with Crippen molar-refractivity contribution in [2.45, 2.75) is 20.4 Å². The van der Waals surface area contributed by atoms with Gasteiger partial charge in [-0.25, -0.2) is 0 Å². The summed E-state index contributed by atoms with van der Waals surface area (Å²) in [6.45, 7) is 5.38. The molecule has 0 bridgehead atoms. The lowest BCUT2D eigenvalue weighted by molar-refractivity contribution is -0.469. The highest BCUT2D eigenvalue weighted by atomic mass is 16.5. The Labute approximate surface area is 139 Å². The number of fused-ring (bicyclic) bond motifs is 1. The van der Waals surface area contributed by atoms with Gasteiger partial charge >= 0.3 is 11.6 Å². The van der Waals surface area contributed by atoms with Gasteiger partial charge in [0.05, 0.1) is 11.0 Å². The smallest absolute Gasteiger partial charge is 0.351 e. The molecule has 8 heteroatoms. The lowest BCUT2D eigenvalue weighted by Gasteiger charge is -2.19. The van der Waals surface area contributed by atoms with Crippen LogP contribution in [0.15, 0.2) is 24.3 Å². The molecule has 0 unspecified atom stereocenters. The lowest BCUT2D eigenvalue weighted by atomic mass is 10.2. The van der Waals surface area contributed by atoms with E-state index >= 15 is 0 Å². The van der Waals surface area contributed by atoms with Gasteiger partial charge in [-0.1, -0.05) is 26.0 Å². The Hall–Kier alpha value is -2.45. The van der Waals surface area contributed by atoms with Crippen LogP contribution in [0.3, 0.4) is 0 Å². The van der Waals surface area contributed by atoms with Crippen LogP contribution in [0, 0.1) is 4.91 Å². The molecule has 1 amide bonds. The van der Waals surface area contributed by atoms with E-state index in [9.17, 15) is 14.9 Å². The lowest BCUT2D eigenvalue weighted by Crippen LogP contribution is -2.40. The molecule has 130 valence electrons. The van der Waals surface area contributed by atoms with Crippen molar-refractivity contribution < 1.29 is 19.5 Å². The van der Waals surface area contributed by atoms with Gasteiger partial charge in [-0.05, 0) is 19.2 Å². The molecule has 0 aliphatic carbocycles. The number of para-hydroxylation sites is 2. The van der Waals surface area contributed by atoms with Crippen LogP contribution in [0.5, 0.6) is 0 Å². The molecule has 1 heterocycles. The van der Waals surface area contributed by atoms with E-state index in [1.54, 1.807) is 24.3 Å². The highest BCUT2D eigenvalue weighted by Gasteiger charge is 2.31. The summed E-state index contributed by atoms with van der Waals surface area (Å²) in [5.41, 5.74) is 0.560. The number of aromatic nitrogens is 2. The van der Waals surface area contributed by atoms with Crippen molar-refractivity contribution in [1.29, 1.82) is 0 Å². The molecule has 0 fully saturated rings. The van der Waals surface area contributed by atoms with Gasteiger partial charge in [0.25, 0.3) is 5.52 Å². The molecule has 0 radical (unpaired) electrons. The van der Waals surface area contributed by atoms with E-state index in [1.165, 1.54) is 0 Å². The van der Waals surface area contributed by atoms with E-state index in [2.05, 4.69) is 5.32 Å². The fraction of sp³-hybridized carbons (Fsp3) is 0.438. The molecule has 0 aliphatic rings. The molecule has 0 saturated heterocycles. The number of carbonyl (C=O) groups is 1. The zero-order valence-electron chi connectivity index (χ0n) is 13.9. The standard InChI is InChI=1S/C16H22N4O4/c1-3-18(4-2)11-14-15(16(22)17-9-10-21)20(24)13-8-6-5-7-12(13)19(14)23/h5-8,21,23H,3-4,9-11H2,1-2H3/p+1. The van der Waals surface area contributed by atoms with E-state index in [0.717, 1.165) is 4.73 Å². The number of amides is 1. The van der Waals surface area contributed by atoms with Crippen LogP contribution in [0.1, 0.15) is 30.0 Å². The largest absolute Gasteiger partial charge is 0.428 e. The second-order valence-electron chi connectivity index (χ2n) is 5.33. The quantitative estimate of drug-likeness (QED) is 0.501. The first-order chi connectivity index (χ1) is 11.5. The average Bonchev–Trinajstić information content (AvgIpc) is 2.61. The van der Waals surface area contributed by atoms with Gasteiger partial charge in [0.1, 0.15) is 0 Å². The third kappa shape index (κ3) is 3.39. The van der Waals surface area contributed by atoms with Gasteiger partial charge in [0.2, 0.25) is 0 Å². The predicted molar refractivity (Wildman–Crippen MR) is 88.5 cm³/mol. The molecule has 2 rings (SSSR count). The van der Waals surface area contributed by atoms with Crippen molar-refractivity contribution in [3.8, 4) is 0 Å². The summed E-state index contributed by atoms with van der Waals surface area (Å²) in [5.74, 6) is -0.630. The second-order valence-corrected chi connectivity index (χ2v) is 5.33. The SMILES string of the molecule is CCN(CC)Cc1c(C(=O)NCCO)[n+](=O)c2ccccc2n1O. The monoisotopic (exact) mass is 335 g/mol. The fourth-order valence-corrected chi connectivity index (χ4v) is 2.58. The Balaban J connectivity index is 2.68. The molecule has 1 aromatic heterocycles. The number of nitrogens with one attached hydrogen (secondary N) is 1. The number of aliphatic hydroxyl groups excluding tert-OH is 1. The number of carbonyl (C=O) groups excluding carboxylic acids is 1. The normalized spacial score (nSPS) is 11.2. The second kappa shape index (κ2) is 7.89. The van der Waals surface area contributed by atoms with Crippen molar-refractivity contribution in [2.75, 3.05) is 26.2 Å². The summed E-state index contributed by atoms with van der Waals surface area (Å²) in [4.78, 5) is 27.1. The number of rotatable bonds is 7. The predicted octanol–water partition coefficient (Wildman–Crippen LogP) is 0.357. The van der Waals surface area contributed by atoms with Crippen molar-refractivity contribution in [1.82, 2.24) is 14.9 Å². The molecular formula is C16H23N4O4+. The van der Waals surface area contributed by atoms with E-state index < -0.39 is 5.91 Å². The maximum Gasteiger partial charge on any atom is 0.351 e. The van der Waals surface area contributed by atoms with E-state index in [-0.39, 0.29) is 36.6 Å². The molecule has 0 aliphatic heterocycles. The Kier molecular flexibility index (Phi) is 5.88. The van der Waals surface area contributed by atoms with Crippen LogP contribution in [0.4, 0.5) is 0 Å². The zero-order valence-corrected chi connectivity index (χ0v) is 13.9. The van der Waals surface area contributed by atoms with Crippen LogP contribution in [0.2, 0.25) is 0 Å². The van der Waals surface area contributed by atoms with Crippen molar-refractivity contribution >= 4 is 16.9 Å². The van der Waals surface area contributed by atoms with Crippen molar-refractivity contribution in [2.24, 2.45) is 0 Å². The minimum atomic E-state index is -0.630. The molecule has 1 aromatic carbocycles. The summed E-state index contributed by atoms with van der Waals surface area (Å²) in [5, 5.41) is 21.9. The fourth-order valence-electron chi connectivity index (χ4n) is 2.58. The summed E-state index contributed by atoms with van der Waals surface area (Å²) < 4.78 is 1.43. The first kappa shape index (κ1) is 17.9. The minimum Gasteiger partial charge on any atom is -0.428 e. The van der Waals surface area contributed by atoms with Crippen LogP contribution >= 0.6 is 0 Å². The Bertz CT molecular complexity index is 783. The summed E-state index contributed by atoms with van der Waals surface area (Å²) in [7, 11) is 0. The van der Waals surface area contributed by atoms with Crippen molar-refractivity contribution in [3.05, 3.63) is 40.6 Å². The van der Waals surface area contributed by atoms with Crippen LogP contribution in [-0.2, 0) is 6.54 Å². The van der Waals surface area contributed by atoms with Gasteiger partial charge in [-0.2, -0.15) is 4.73 Å². The molecular weight excluding hydrogens is 312 g/mol. The summed E-state index contributed by atoms with van der Waals surface area (Å²) in [6.07, 6.45) is 0. The topological polar surface area (TPSA) is 101 Å². The summed E-state index contributed by atoms with van der Waals surface area (Å²) >= 11 is 0. The van der Waals surface area contributed by atoms with E-state index in [1.807, 2.05) is 18.7 Å². The van der Waals surface area contributed by atoms with Gasteiger partial charge in [-0.15, -0.1) is 0 Å². The minimum absolute atomic E-state index is 0.0296. The summed E-state index contributed by atoms with van der Waals surface area (Å²) in [6, 6.07) is 6.53. The van der Waals surface area contributed by atoms with E-state index in [4.69, 9.17) is 5.11 Å². The number of aliphatic hydroxyl groups is 1. The molecule has 0 spiro atoms. The van der Waals surface area contributed by atoms with Crippen LogP contribution in [0.25, 0.3) is 11.0 Å². The first-order valence-corrected chi connectivity index (χ1v) is 7.94. The van der Waals surface area contributed by atoms with Crippen molar-refractivity contribution in [3.63, 3.8) is 0 Å². The van der Waals surface area contributed by atoms with Gasteiger partial charge in [-0.3, -0.25) is 9.69 Å². The Morgan fingerprint density at radius 2 is 1.96 bits per heavy atom. The van der Waals surface area contributed by atoms with Crippen LogP contribution in [-0.4, -0.2) is 52.1 Å². The maximum atomic E-state index is 12.7. The van der Waals surface area contributed by atoms with Gasteiger partial charge < -0.3 is 15.6 Å². The average molecular weight is 335 g/mol. The number of benzene rings is 1. The molecule has 24 heavy (non-hydrogen) atoms. The maximum absolute atomic E-state index is 12.7.